The second-order valence-corrected chi connectivity index (χ2v) is 4.67. The number of ether oxygens (including phenoxy) is 1. The van der Waals surface area contributed by atoms with Crippen molar-refractivity contribution in [3.63, 3.8) is 0 Å². The Bertz CT molecular complexity index is 648. The quantitative estimate of drug-likeness (QED) is 0.767. The molecule has 0 aliphatic heterocycles. The number of hydrogen-bond acceptors (Lipinski definition) is 3. The lowest BCUT2D eigenvalue weighted by atomic mass is 10.0. The third-order valence-corrected chi connectivity index (χ3v) is 3.52. The molecule has 2 aromatic carbocycles. The van der Waals surface area contributed by atoms with Crippen molar-refractivity contribution in [3.05, 3.63) is 42.0 Å². The molecule has 4 heteroatoms. The van der Waals surface area contributed by atoms with Crippen LogP contribution in [-0.2, 0) is 4.79 Å². The number of rotatable bonds is 6. The normalized spacial score (nSPS) is 10.4. The molecule has 0 atom stereocenters. The van der Waals surface area contributed by atoms with Crippen molar-refractivity contribution < 1.29 is 14.3 Å². The van der Waals surface area contributed by atoms with Gasteiger partial charge in [0.2, 0.25) is 0 Å². The zero-order chi connectivity index (χ0) is 15.2. The smallest absolute Gasteiger partial charge is 0.260 e. The maximum absolute atomic E-state index is 12.0. The van der Waals surface area contributed by atoms with Gasteiger partial charge in [-0.25, -0.2) is 0 Å². The number of nitrogens with zero attached hydrogens (tertiary/aromatic N) is 1. The fourth-order valence-electron chi connectivity index (χ4n) is 2.33. The highest BCUT2D eigenvalue weighted by atomic mass is 16.5. The first-order chi connectivity index (χ1) is 10.2. The molecule has 0 unspecified atom stereocenters. The summed E-state index contributed by atoms with van der Waals surface area (Å²) in [5, 5.41) is 1.81. The van der Waals surface area contributed by atoms with Crippen molar-refractivity contribution in [3.8, 4) is 5.75 Å². The van der Waals surface area contributed by atoms with Gasteiger partial charge in [0.15, 0.2) is 12.9 Å². The van der Waals surface area contributed by atoms with Gasteiger partial charge < -0.3 is 9.64 Å². The number of hydrogen-bond donors (Lipinski definition) is 0. The highest BCUT2D eigenvalue weighted by Crippen LogP contribution is 2.26. The van der Waals surface area contributed by atoms with Gasteiger partial charge >= 0.3 is 0 Å². The lowest BCUT2D eigenvalue weighted by Crippen LogP contribution is -2.34. The Hall–Kier alpha value is -2.36. The Morgan fingerprint density at radius 3 is 2.52 bits per heavy atom. The summed E-state index contributed by atoms with van der Waals surface area (Å²) in [4.78, 5) is 25.0. The second kappa shape index (κ2) is 6.88. The van der Waals surface area contributed by atoms with Crippen LogP contribution in [0, 0.1) is 0 Å². The number of amides is 1. The molecule has 0 aromatic heterocycles. The monoisotopic (exact) mass is 285 g/mol. The maximum atomic E-state index is 12.0. The molecular weight excluding hydrogens is 266 g/mol. The molecule has 21 heavy (non-hydrogen) atoms. The van der Waals surface area contributed by atoms with Gasteiger partial charge in [-0.05, 0) is 30.7 Å². The van der Waals surface area contributed by atoms with E-state index in [1.165, 1.54) is 0 Å². The van der Waals surface area contributed by atoms with E-state index in [2.05, 4.69) is 0 Å². The average Bonchev–Trinajstić information content (AvgIpc) is 2.53. The van der Waals surface area contributed by atoms with Crippen LogP contribution in [0.15, 0.2) is 36.4 Å². The van der Waals surface area contributed by atoms with Crippen LogP contribution in [0.5, 0.6) is 5.75 Å². The predicted molar refractivity (Wildman–Crippen MR) is 82.8 cm³/mol. The summed E-state index contributed by atoms with van der Waals surface area (Å²) in [6.07, 6.45) is 0.777. The van der Waals surface area contributed by atoms with Crippen molar-refractivity contribution in [2.75, 3.05) is 19.7 Å². The zero-order valence-electron chi connectivity index (χ0n) is 12.3. The second-order valence-electron chi connectivity index (χ2n) is 4.67. The molecule has 0 aliphatic carbocycles. The summed E-state index contributed by atoms with van der Waals surface area (Å²) in [5.74, 6) is 0.370. The Balaban J connectivity index is 2.23. The average molecular weight is 285 g/mol. The SMILES string of the molecule is CCN(CC)C(=O)COc1ccc2ccccc2c1C=O. The highest BCUT2D eigenvalue weighted by molar-refractivity contribution is 6.00. The van der Waals surface area contributed by atoms with Gasteiger partial charge in [0.05, 0.1) is 5.56 Å². The third-order valence-electron chi connectivity index (χ3n) is 3.52. The summed E-state index contributed by atoms with van der Waals surface area (Å²) in [5.41, 5.74) is 0.487. The molecule has 2 aromatic rings. The molecule has 0 spiro atoms. The van der Waals surface area contributed by atoms with E-state index in [-0.39, 0.29) is 12.5 Å². The summed E-state index contributed by atoms with van der Waals surface area (Å²) in [6, 6.07) is 11.2. The van der Waals surface area contributed by atoms with E-state index >= 15 is 0 Å². The minimum atomic E-state index is -0.0787. The molecule has 0 aliphatic rings. The van der Waals surface area contributed by atoms with Crippen molar-refractivity contribution in [1.29, 1.82) is 0 Å². The highest BCUT2D eigenvalue weighted by Gasteiger charge is 2.13. The van der Waals surface area contributed by atoms with E-state index in [9.17, 15) is 9.59 Å². The van der Waals surface area contributed by atoms with Gasteiger partial charge in [-0.2, -0.15) is 0 Å². The number of fused-ring (bicyclic) bond motifs is 1. The van der Waals surface area contributed by atoms with Gasteiger partial charge in [0.1, 0.15) is 5.75 Å². The van der Waals surface area contributed by atoms with Gasteiger partial charge in [-0.15, -0.1) is 0 Å². The fourth-order valence-corrected chi connectivity index (χ4v) is 2.33. The van der Waals surface area contributed by atoms with Crippen molar-refractivity contribution in [2.24, 2.45) is 0 Å². The lowest BCUT2D eigenvalue weighted by molar-refractivity contribution is -0.132. The fraction of sp³-hybridized carbons (Fsp3) is 0.294. The summed E-state index contributed by atoms with van der Waals surface area (Å²) in [7, 11) is 0. The third kappa shape index (κ3) is 3.21. The minimum Gasteiger partial charge on any atom is -0.483 e. The Morgan fingerprint density at radius 2 is 1.86 bits per heavy atom. The minimum absolute atomic E-state index is 0.0547. The van der Waals surface area contributed by atoms with Crippen molar-refractivity contribution in [1.82, 2.24) is 4.90 Å². The summed E-state index contributed by atoms with van der Waals surface area (Å²) < 4.78 is 5.56. The predicted octanol–water partition coefficient (Wildman–Crippen LogP) is 2.90. The van der Waals surface area contributed by atoms with Crippen LogP contribution >= 0.6 is 0 Å². The number of aldehydes is 1. The molecular formula is C17H19NO3. The van der Waals surface area contributed by atoms with Crippen LogP contribution in [0.25, 0.3) is 10.8 Å². The molecule has 0 heterocycles. The van der Waals surface area contributed by atoms with Crippen LogP contribution in [0.4, 0.5) is 0 Å². The van der Waals surface area contributed by atoms with Gasteiger partial charge in [-0.1, -0.05) is 30.3 Å². The van der Waals surface area contributed by atoms with Crippen LogP contribution in [0.3, 0.4) is 0 Å². The van der Waals surface area contributed by atoms with Crippen molar-refractivity contribution >= 4 is 23.0 Å². The van der Waals surface area contributed by atoms with E-state index in [4.69, 9.17) is 4.74 Å². The molecule has 0 radical (unpaired) electrons. The zero-order valence-corrected chi connectivity index (χ0v) is 12.3. The molecule has 0 saturated carbocycles. The van der Waals surface area contributed by atoms with Crippen LogP contribution in [-0.4, -0.2) is 36.8 Å². The molecule has 2 rings (SSSR count). The molecule has 0 fully saturated rings. The first kappa shape index (κ1) is 15.0. The largest absolute Gasteiger partial charge is 0.483 e. The van der Waals surface area contributed by atoms with Gasteiger partial charge in [0.25, 0.3) is 5.91 Å². The topological polar surface area (TPSA) is 46.6 Å². The Morgan fingerprint density at radius 1 is 1.14 bits per heavy atom. The maximum Gasteiger partial charge on any atom is 0.260 e. The number of carbonyl (C=O) groups excluding carboxylic acids is 2. The molecule has 4 nitrogen and oxygen atoms in total. The molecule has 0 N–H and O–H groups in total. The van der Waals surface area contributed by atoms with E-state index < -0.39 is 0 Å². The molecule has 110 valence electrons. The van der Waals surface area contributed by atoms with Gasteiger partial charge in [0, 0.05) is 13.1 Å². The standard InChI is InChI=1S/C17H19NO3/c1-3-18(4-2)17(20)12-21-16-10-9-13-7-5-6-8-14(13)15(16)11-19/h5-11H,3-4,12H2,1-2H3. The van der Waals surface area contributed by atoms with Crippen LogP contribution in [0.1, 0.15) is 24.2 Å². The van der Waals surface area contributed by atoms with Crippen molar-refractivity contribution in [2.45, 2.75) is 13.8 Å². The Labute approximate surface area is 124 Å². The number of likely N-dealkylation sites (N-methyl/N-ethyl adjacent to an activating group) is 1. The Kier molecular flexibility index (Phi) is 4.93. The number of benzene rings is 2. The van der Waals surface area contributed by atoms with E-state index in [1.54, 1.807) is 11.0 Å². The number of carbonyl (C=O) groups is 2. The van der Waals surface area contributed by atoms with Crippen LogP contribution in [0.2, 0.25) is 0 Å². The van der Waals surface area contributed by atoms with E-state index in [0.29, 0.717) is 24.4 Å². The van der Waals surface area contributed by atoms with Crippen LogP contribution < -0.4 is 4.74 Å². The van der Waals surface area contributed by atoms with E-state index in [0.717, 1.165) is 17.1 Å². The molecule has 1 amide bonds. The summed E-state index contributed by atoms with van der Waals surface area (Å²) in [6.45, 7) is 5.09. The molecule has 0 bridgehead atoms. The first-order valence-corrected chi connectivity index (χ1v) is 7.08. The summed E-state index contributed by atoms with van der Waals surface area (Å²) >= 11 is 0. The lowest BCUT2D eigenvalue weighted by Gasteiger charge is -2.19. The molecule has 0 saturated heterocycles. The first-order valence-electron chi connectivity index (χ1n) is 7.08. The van der Waals surface area contributed by atoms with E-state index in [1.807, 2.05) is 44.2 Å². The van der Waals surface area contributed by atoms with Gasteiger partial charge in [-0.3, -0.25) is 9.59 Å².